The fourth-order valence-corrected chi connectivity index (χ4v) is 1.99. The Morgan fingerprint density at radius 2 is 2.17 bits per heavy atom. The van der Waals surface area contributed by atoms with Crippen molar-refractivity contribution in [3.8, 4) is 17.0 Å². The fourth-order valence-electron chi connectivity index (χ4n) is 1.99. The van der Waals surface area contributed by atoms with Crippen LogP contribution in [-0.2, 0) is 0 Å². The Labute approximate surface area is 105 Å². The summed E-state index contributed by atoms with van der Waals surface area (Å²) >= 11 is 0. The molecular formula is C14H13N3O. The van der Waals surface area contributed by atoms with Gasteiger partial charge in [-0.2, -0.15) is 0 Å². The predicted octanol–water partition coefficient (Wildman–Crippen LogP) is 2.71. The molecule has 0 radical (unpaired) electrons. The largest absolute Gasteiger partial charge is 0.496 e. The second kappa shape index (κ2) is 4.14. The number of hydrogen-bond donors (Lipinski definition) is 0. The first-order valence-electron chi connectivity index (χ1n) is 5.71. The number of aromatic nitrogens is 3. The maximum Gasteiger partial charge on any atom is 0.155 e. The minimum absolute atomic E-state index is 0.830. The molecular weight excluding hydrogens is 226 g/mol. The van der Waals surface area contributed by atoms with E-state index in [1.54, 1.807) is 19.5 Å². The van der Waals surface area contributed by atoms with Gasteiger partial charge in [0, 0.05) is 24.2 Å². The number of imidazole rings is 1. The zero-order valence-corrected chi connectivity index (χ0v) is 10.3. The normalized spacial score (nSPS) is 10.8. The molecule has 0 amide bonds. The second-order valence-corrected chi connectivity index (χ2v) is 4.17. The van der Waals surface area contributed by atoms with E-state index < -0.39 is 0 Å². The number of fused-ring (bicyclic) bond motifs is 1. The van der Waals surface area contributed by atoms with Gasteiger partial charge in [0.25, 0.3) is 0 Å². The molecule has 2 heterocycles. The number of aryl methyl sites for hydroxylation is 1. The lowest BCUT2D eigenvalue weighted by atomic mass is 10.1. The van der Waals surface area contributed by atoms with Crippen molar-refractivity contribution < 1.29 is 4.74 Å². The number of hydrogen-bond acceptors (Lipinski definition) is 3. The van der Waals surface area contributed by atoms with E-state index in [0.717, 1.165) is 22.7 Å². The quantitative estimate of drug-likeness (QED) is 0.690. The molecule has 0 fully saturated rings. The Kier molecular flexibility index (Phi) is 2.48. The topological polar surface area (TPSA) is 39.4 Å². The highest BCUT2D eigenvalue weighted by Crippen LogP contribution is 2.30. The summed E-state index contributed by atoms with van der Waals surface area (Å²) in [6, 6.07) is 6.07. The van der Waals surface area contributed by atoms with Crippen LogP contribution in [0.1, 0.15) is 5.56 Å². The van der Waals surface area contributed by atoms with Crippen LogP contribution in [0.4, 0.5) is 0 Å². The van der Waals surface area contributed by atoms with Crippen molar-refractivity contribution >= 4 is 5.65 Å². The summed E-state index contributed by atoms with van der Waals surface area (Å²) in [5.74, 6) is 0.831. The zero-order valence-electron chi connectivity index (χ0n) is 10.3. The number of ether oxygens (including phenoxy) is 1. The van der Waals surface area contributed by atoms with Gasteiger partial charge < -0.3 is 9.14 Å². The summed E-state index contributed by atoms with van der Waals surface area (Å²) in [6.07, 6.45) is 7.35. The summed E-state index contributed by atoms with van der Waals surface area (Å²) in [5, 5.41) is 0. The third-order valence-electron chi connectivity index (χ3n) is 2.90. The van der Waals surface area contributed by atoms with Gasteiger partial charge in [-0.3, -0.25) is 4.98 Å². The van der Waals surface area contributed by atoms with Gasteiger partial charge in [-0.25, -0.2) is 4.98 Å². The predicted molar refractivity (Wildman–Crippen MR) is 69.7 cm³/mol. The first-order valence-corrected chi connectivity index (χ1v) is 5.71. The maximum absolute atomic E-state index is 5.39. The first-order chi connectivity index (χ1) is 8.78. The van der Waals surface area contributed by atoms with Crippen molar-refractivity contribution in [1.82, 2.24) is 14.4 Å². The highest BCUT2D eigenvalue weighted by molar-refractivity contribution is 5.69. The molecule has 4 nitrogen and oxygen atoms in total. The van der Waals surface area contributed by atoms with Gasteiger partial charge in [0.05, 0.1) is 19.0 Å². The minimum Gasteiger partial charge on any atom is -0.496 e. The van der Waals surface area contributed by atoms with E-state index in [0.29, 0.717) is 0 Å². The molecule has 2 aromatic heterocycles. The average Bonchev–Trinajstić information content (AvgIpc) is 2.82. The number of methoxy groups -OCH3 is 1. The molecule has 1 aromatic carbocycles. The van der Waals surface area contributed by atoms with Crippen molar-refractivity contribution in [2.24, 2.45) is 0 Å². The van der Waals surface area contributed by atoms with Gasteiger partial charge in [-0.05, 0) is 19.1 Å². The molecule has 90 valence electrons. The lowest BCUT2D eigenvalue weighted by Crippen LogP contribution is -1.88. The zero-order chi connectivity index (χ0) is 12.5. The van der Waals surface area contributed by atoms with Crippen LogP contribution in [0.5, 0.6) is 5.75 Å². The van der Waals surface area contributed by atoms with Crippen LogP contribution in [0, 0.1) is 6.92 Å². The standard InChI is InChI=1S/C14H13N3O/c1-10-3-4-13(18-2)11(7-10)12-9-17-6-5-15-8-14(17)16-12/h3-9H,1-2H3. The van der Waals surface area contributed by atoms with Gasteiger partial charge in [-0.15, -0.1) is 0 Å². The smallest absolute Gasteiger partial charge is 0.155 e. The van der Waals surface area contributed by atoms with Crippen LogP contribution in [0.25, 0.3) is 16.9 Å². The van der Waals surface area contributed by atoms with Gasteiger partial charge in [0.15, 0.2) is 5.65 Å². The summed E-state index contributed by atoms with van der Waals surface area (Å²) in [7, 11) is 1.67. The number of rotatable bonds is 2. The van der Waals surface area contributed by atoms with Crippen molar-refractivity contribution in [1.29, 1.82) is 0 Å². The van der Waals surface area contributed by atoms with Crippen LogP contribution in [0.2, 0.25) is 0 Å². The molecule has 3 aromatic rings. The Bertz CT molecular complexity index is 670. The molecule has 4 heteroatoms. The van der Waals surface area contributed by atoms with Crippen molar-refractivity contribution in [2.45, 2.75) is 6.92 Å². The van der Waals surface area contributed by atoms with Gasteiger partial charge >= 0.3 is 0 Å². The Morgan fingerprint density at radius 1 is 1.28 bits per heavy atom. The molecule has 0 aliphatic heterocycles. The van der Waals surface area contributed by atoms with Crippen LogP contribution >= 0.6 is 0 Å². The molecule has 0 aliphatic rings. The highest BCUT2D eigenvalue weighted by Gasteiger charge is 2.10. The highest BCUT2D eigenvalue weighted by atomic mass is 16.5. The molecule has 0 unspecified atom stereocenters. The average molecular weight is 239 g/mol. The SMILES string of the molecule is COc1ccc(C)cc1-c1cn2ccncc2n1. The molecule has 0 N–H and O–H groups in total. The van der Waals surface area contributed by atoms with Crippen LogP contribution in [0.15, 0.2) is 43.0 Å². The first kappa shape index (κ1) is 10.8. The second-order valence-electron chi connectivity index (χ2n) is 4.17. The van der Waals surface area contributed by atoms with Crippen molar-refractivity contribution in [3.05, 3.63) is 48.5 Å². The summed E-state index contributed by atoms with van der Waals surface area (Å²) < 4.78 is 7.33. The molecule has 0 bridgehead atoms. The summed E-state index contributed by atoms with van der Waals surface area (Å²) in [6.45, 7) is 2.06. The summed E-state index contributed by atoms with van der Waals surface area (Å²) in [5.41, 5.74) is 3.90. The molecule has 0 aliphatic carbocycles. The third-order valence-corrected chi connectivity index (χ3v) is 2.90. The molecule has 0 saturated carbocycles. The van der Waals surface area contributed by atoms with E-state index in [-0.39, 0.29) is 0 Å². The lowest BCUT2D eigenvalue weighted by Gasteiger charge is -2.06. The monoisotopic (exact) mass is 239 g/mol. The van der Waals surface area contributed by atoms with E-state index in [1.807, 2.05) is 28.9 Å². The van der Waals surface area contributed by atoms with Crippen LogP contribution in [-0.4, -0.2) is 21.5 Å². The Hall–Kier alpha value is -2.36. The molecule has 0 saturated heterocycles. The van der Waals surface area contributed by atoms with Crippen LogP contribution in [0.3, 0.4) is 0 Å². The van der Waals surface area contributed by atoms with E-state index in [1.165, 1.54) is 5.56 Å². The summed E-state index contributed by atoms with van der Waals surface area (Å²) in [4.78, 5) is 8.62. The Morgan fingerprint density at radius 3 is 2.94 bits per heavy atom. The number of benzene rings is 1. The van der Waals surface area contributed by atoms with Gasteiger partial charge in [-0.1, -0.05) is 11.6 Å². The van der Waals surface area contributed by atoms with E-state index >= 15 is 0 Å². The molecule has 18 heavy (non-hydrogen) atoms. The van der Waals surface area contributed by atoms with E-state index in [2.05, 4.69) is 23.0 Å². The van der Waals surface area contributed by atoms with E-state index in [9.17, 15) is 0 Å². The molecule has 0 atom stereocenters. The Balaban J connectivity index is 2.22. The van der Waals surface area contributed by atoms with Gasteiger partial charge in [0.1, 0.15) is 5.75 Å². The molecule has 0 spiro atoms. The third kappa shape index (κ3) is 1.72. The lowest BCUT2D eigenvalue weighted by molar-refractivity contribution is 0.416. The van der Waals surface area contributed by atoms with E-state index in [4.69, 9.17) is 4.74 Å². The molecule has 3 rings (SSSR count). The fraction of sp³-hybridized carbons (Fsp3) is 0.143. The number of nitrogens with zero attached hydrogens (tertiary/aromatic N) is 3. The van der Waals surface area contributed by atoms with Gasteiger partial charge in [0.2, 0.25) is 0 Å². The maximum atomic E-state index is 5.39. The van der Waals surface area contributed by atoms with Crippen LogP contribution < -0.4 is 4.74 Å². The van der Waals surface area contributed by atoms with Crippen molar-refractivity contribution in [2.75, 3.05) is 7.11 Å². The van der Waals surface area contributed by atoms with Crippen molar-refractivity contribution in [3.63, 3.8) is 0 Å². The minimum atomic E-state index is 0.830.